The van der Waals surface area contributed by atoms with Crippen LogP contribution in [0.15, 0.2) is 35.7 Å². The molecular formula is C13H10ClNO3S. The quantitative estimate of drug-likeness (QED) is 0.883. The highest BCUT2D eigenvalue weighted by Crippen LogP contribution is 2.22. The maximum atomic E-state index is 11.9. The number of hydrogen-bond donors (Lipinski definition) is 1. The second kappa shape index (κ2) is 5.86. The molecule has 0 aliphatic rings. The first-order valence-corrected chi connectivity index (χ1v) is 6.60. The molecule has 19 heavy (non-hydrogen) atoms. The summed E-state index contributed by atoms with van der Waals surface area (Å²) in [6, 6.07) is 8.10. The van der Waals surface area contributed by atoms with E-state index in [4.69, 9.17) is 11.6 Å². The molecule has 6 heteroatoms. The molecular weight excluding hydrogens is 286 g/mol. The van der Waals surface area contributed by atoms with Gasteiger partial charge in [-0.05, 0) is 29.6 Å². The van der Waals surface area contributed by atoms with E-state index < -0.39 is 5.97 Å². The van der Waals surface area contributed by atoms with Crippen molar-refractivity contribution in [3.8, 4) is 0 Å². The lowest BCUT2D eigenvalue weighted by atomic mass is 10.1. The Balaban J connectivity index is 2.29. The van der Waals surface area contributed by atoms with E-state index in [1.54, 1.807) is 29.6 Å². The summed E-state index contributed by atoms with van der Waals surface area (Å²) in [6.07, 6.45) is 0. The Hall–Kier alpha value is -1.85. The summed E-state index contributed by atoms with van der Waals surface area (Å²) in [5.74, 6) is -0.827. The van der Waals surface area contributed by atoms with Crippen LogP contribution in [0.2, 0.25) is 5.02 Å². The zero-order valence-electron chi connectivity index (χ0n) is 9.98. The Labute approximate surface area is 119 Å². The van der Waals surface area contributed by atoms with Crippen LogP contribution < -0.4 is 5.32 Å². The molecule has 1 N–H and O–H groups in total. The van der Waals surface area contributed by atoms with Crippen LogP contribution in [-0.4, -0.2) is 19.0 Å². The fourth-order valence-electron chi connectivity index (χ4n) is 1.50. The molecule has 0 fully saturated rings. The van der Waals surface area contributed by atoms with Crippen LogP contribution in [-0.2, 0) is 4.74 Å². The molecule has 0 radical (unpaired) electrons. The molecule has 0 unspecified atom stereocenters. The maximum absolute atomic E-state index is 11.9. The van der Waals surface area contributed by atoms with Gasteiger partial charge in [-0.25, -0.2) is 4.79 Å². The van der Waals surface area contributed by atoms with Gasteiger partial charge >= 0.3 is 5.97 Å². The van der Waals surface area contributed by atoms with Crippen LogP contribution in [0.5, 0.6) is 0 Å². The number of rotatable bonds is 3. The minimum atomic E-state index is -0.552. The van der Waals surface area contributed by atoms with Gasteiger partial charge in [-0.1, -0.05) is 17.7 Å². The molecule has 98 valence electrons. The largest absolute Gasteiger partial charge is 0.465 e. The van der Waals surface area contributed by atoms with E-state index in [0.717, 1.165) is 0 Å². The summed E-state index contributed by atoms with van der Waals surface area (Å²) in [5, 5.41) is 4.87. The average Bonchev–Trinajstić information content (AvgIpc) is 2.94. The van der Waals surface area contributed by atoms with Gasteiger partial charge in [0.15, 0.2) is 0 Å². The van der Waals surface area contributed by atoms with Crippen LogP contribution in [0.3, 0.4) is 0 Å². The highest BCUT2D eigenvalue weighted by atomic mass is 35.5. The molecule has 1 amide bonds. The number of thiophene rings is 1. The topological polar surface area (TPSA) is 55.4 Å². The molecule has 1 heterocycles. The number of halogens is 1. The molecule has 2 aromatic rings. The van der Waals surface area contributed by atoms with Gasteiger partial charge in [-0.3, -0.25) is 4.79 Å². The summed E-state index contributed by atoms with van der Waals surface area (Å²) >= 11 is 7.15. The number of methoxy groups -OCH3 is 1. The number of ether oxygens (including phenoxy) is 1. The Kier molecular flexibility index (Phi) is 4.19. The Morgan fingerprint density at radius 3 is 2.74 bits per heavy atom. The van der Waals surface area contributed by atoms with Crippen molar-refractivity contribution in [3.63, 3.8) is 0 Å². The van der Waals surface area contributed by atoms with Gasteiger partial charge in [0, 0.05) is 5.02 Å². The zero-order chi connectivity index (χ0) is 13.8. The van der Waals surface area contributed by atoms with Crippen molar-refractivity contribution in [3.05, 3.63) is 51.2 Å². The highest BCUT2D eigenvalue weighted by molar-refractivity contribution is 7.12. The van der Waals surface area contributed by atoms with Crippen molar-refractivity contribution in [2.45, 2.75) is 0 Å². The van der Waals surface area contributed by atoms with Crippen molar-refractivity contribution in [2.24, 2.45) is 0 Å². The molecule has 0 aliphatic carbocycles. The van der Waals surface area contributed by atoms with E-state index in [9.17, 15) is 9.59 Å². The first kappa shape index (κ1) is 13.6. The van der Waals surface area contributed by atoms with E-state index in [2.05, 4.69) is 10.1 Å². The van der Waals surface area contributed by atoms with Gasteiger partial charge in [0.05, 0.1) is 23.2 Å². The summed E-state index contributed by atoms with van der Waals surface area (Å²) < 4.78 is 4.66. The van der Waals surface area contributed by atoms with E-state index in [1.165, 1.54) is 24.5 Å². The molecule has 0 saturated carbocycles. The normalized spacial score (nSPS) is 10.0. The van der Waals surface area contributed by atoms with E-state index in [1.807, 2.05) is 0 Å². The van der Waals surface area contributed by atoms with Crippen LogP contribution in [0.1, 0.15) is 20.0 Å². The Bertz CT molecular complexity index is 610. The number of nitrogens with one attached hydrogen (secondary N) is 1. The van der Waals surface area contributed by atoms with E-state index in [-0.39, 0.29) is 11.5 Å². The minimum absolute atomic E-state index is 0.222. The molecule has 2 rings (SSSR count). The van der Waals surface area contributed by atoms with Crippen molar-refractivity contribution in [1.29, 1.82) is 0 Å². The minimum Gasteiger partial charge on any atom is -0.465 e. The SMILES string of the molecule is COC(=O)c1cc(Cl)ccc1NC(=O)c1cccs1. The van der Waals surface area contributed by atoms with Crippen LogP contribution >= 0.6 is 22.9 Å². The lowest BCUT2D eigenvalue weighted by Crippen LogP contribution is -2.14. The second-order valence-corrected chi connectivity index (χ2v) is 5.00. The molecule has 0 spiro atoms. The van der Waals surface area contributed by atoms with Crippen molar-refractivity contribution < 1.29 is 14.3 Å². The van der Waals surface area contributed by atoms with Crippen molar-refractivity contribution in [1.82, 2.24) is 0 Å². The predicted molar refractivity (Wildman–Crippen MR) is 75.1 cm³/mol. The molecule has 1 aromatic heterocycles. The summed E-state index contributed by atoms with van der Waals surface area (Å²) in [4.78, 5) is 24.1. The number of carbonyl (C=O) groups excluding carboxylic acids is 2. The lowest BCUT2D eigenvalue weighted by Gasteiger charge is -2.09. The second-order valence-electron chi connectivity index (χ2n) is 3.61. The van der Waals surface area contributed by atoms with Gasteiger partial charge < -0.3 is 10.1 Å². The third-order valence-electron chi connectivity index (χ3n) is 2.38. The number of benzene rings is 1. The van der Waals surface area contributed by atoms with Gasteiger partial charge in [-0.15, -0.1) is 11.3 Å². The molecule has 1 aromatic carbocycles. The molecule has 0 saturated heterocycles. The highest BCUT2D eigenvalue weighted by Gasteiger charge is 2.15. The standard InChI is InChI=1S/C13H10ClNO3S/c1-18-13(17)9-7-8(14)4-5-10(9)15-12(16)11-3-2-6-19-11/h2-7H,1H3,(H,15,16). The van der Waals surface area contributed by atoms with Crippen molar-refractivity contribution in [2.75, 3.05) is 12.4 Å². The Morgan fingerprint density at radius 1 is 1.32 bits per heavy atom. The average molecular weight is 296 g/mol. The smallest absolute Gasteiger partial charge is 0.340 e. The van der Waals surface area contributed by atoms with Crippen LogP contribution in [0.4, 0.5) is 5.69 Å². The van der Waals surface area contributed by atoms with Crippen molar-refractivity contribution >= 4 is 40.5 Å². The van der Waals surface area contributed by atoms with Gasteiger partial charge in [0.25, 0.3) is 5.91 Å². The van der Waals surface area contributed by atoms with E-state index >= 15 is 0 Å². The van der Waals surface area contributed by atoms with Crippen LogP contribution in [0, 0.1) is 0 Å². The number of hydrogen-bond acceptors (Lipinski definition) is 4. The zero-order valence-corrected chi connectivity index (χ0v) is 11.5. The molecule has 4 nitrogen and oxygen atoms in total. The summed E-state index contributed by atoms with van der Waals surface area (Å²) in [6.45, 7) is 0. The van der Waals surface area contributed by atoms with E-state index in [0.29, 0.717) is 15.6 Å². The Morgan fingerprint density at radius 2 is 2.11 bits per heavy atom. The van der Waals surface area contributed by atoms with Gasteiger partial charge in [0.2, 0.25) is 0 Å². The maximum Gasteiger partial charge on any atom is 0.340 e. The summed E-state index contributed by atoms with van der Waals surface area (Å²) in [5.41, 5.74) is 0.592. The fraction of sp³-hybridized carbons (Fsp3) is 0.0769. The number of anilines is 1. The predicted octanol–water partition coefficient (Wildman–Crippen LogP) is 3.44. The van der Waals surface area contributed by atoms with Gasteiger partial charge in [0.1, 0.15) is 0 Å². The first-order valence-electron chi connectivity index (χ1n) is 5.34. The van der Waals surface area contributed by atoms with Gasteiger partial charge in [-0.2, -0.15) is 0 Å². The summed E-state index contributed by atoms with van der Waals surface area (Å²) in [7, 11) is 1.27. The fourth-order valence-corrected chi connectivity index (χ4v) is 2.29. The third-order valence-corrected chi connectivity index (χ3v) is 3.48. The third kappa shape index (κ3) is 3.13. The first-order chi connectivity index (χ1) is 9.11. The number of esters is 1. The number of amides is 1. The monoisotopic (exact) mass is 295 g/mol. The molecule has 0 atom stereocenters. The molecule has 0 aliphatic heterocycles. The lowest BCUT2D eigenvalue weighted by molar-refractivity contribution is 0.0602. The number of carbonyl (C=O) groups is 2. The molecule has 0 bridgehead atoms. The van der Waals surface area contributed by atoms with Crippen LogP contribution in [0.25, 0.3) is 0 Å².